The minimum absolute atomic E-state index is 0.0711. The largest absolute Gasteiger partial charge is 0.337 e. The van der Waals surface area contributed by atoms with Crippen LogP contribution < -0.4 is 5.32 Å². The zero-order chi connectivity index (χ0) is 15.5. The van der Waals surface area contributed by atoms with Crippen LogP contribution in [0.1, 0.15) is 35.1 Å². The molecule has 1 fully saturated rings. The number of likely N-dealkylation sites (tertiary alicyclic amines) is 1. The first-order valence-corrected chi connectivity index (χ1v) is 8.54. The highest BCUT2D eigenvalue weighted by atomic mass is 32.1. The summed E-state index contributed by atoms with van der Waals surface area (Å²) in [4.78, 5) is 20.1. The third-order valence-corrected chi connectivity index (χ3v) is 4.98. The lowest BCUT2D eigenvalue weighted by Crippen LogP contribution is -2.38. The van der Waals surface area contributed by atoms with Crippen LogP contribution in [0.25, 0.3) is 0 Å². The molecule has 0 spiro atoms. The van der Waals surface area contributed by atoms with Crippen LogP contribution in [0.5, 0.6) is 0 Å². The molecule has 1 saturated heterocycles. The maximum atomic E-state index is 12.6. The number of nitrogens with one attached hydrogen (secondary N) is 1. The average molecular weight is 315 g/mol. The van der Waals surface area contributed by atoms with Gasteiger partial charge in [-0.1, -0.05) is 25.1 Å². The van der Waals surface area contributed by atoms with E-state index in [2.05, 4.69) is 17.2 Å². The van der Waals surface area contributed by atoms with Crippen LogP contribution in [-0.2, 0) is 0 Å². The van der Waals surface area contributed by atoms with Gasteiger partial charge in [-0.2, -0.15) is 0 Å². The molecule has 0 unspecified atom stereocenters. The first-order valence-electron chi connectivity index (χ1n) is 7.72. The maximum Gasteiger partial charge on any atom is 0.273 e. The number of anilines is 2. The van der Waals surface area contributed by atoms with E-state index in [-0.39, 0.29) is 5.91 Å². The number of hydrogen-bond donors (Lipinski definition) is 1. The van der Waals surface area contributed by atoms with Crippen molar-refractivity contribution in [3.63, 3.8) is 0 Å². The first kappa shape index (κ1) is 15.0. The molecule has 5 heteroatoms. The quantitative estimate of drug-likeness (QED) is 0.928. The molecule has 0 atom stereocenters. The number of thiazole rings is 1. The van der Waals surface area contributed by atoms with E-state index in [0.29, 0.717) is 5.69 Å². The van der Waals surface area contributed by atoms with E-state index in [1.54, 1.807) is 0 Å². The second-order valence-electron chi connectivity index (χ2n) is 5.89. The maximum absolute atomic E-state index is 12.6. The van der Waals surface area contributed by atoms with Crippen LogP contribution in [0.15, 0.2) is 30.3 Å². The number of aryl methyl sites for hydroxylation is 1. The third kappa shape index (κ3) is 3.30. The predicted molar refractivity (Wildman–Crippen MR) is 90.9 cm³/mol. The fraction of sp³-hybridized carbons (Fsp3) is 0.412. The third-order valence-electron chi connectivity index (χ3n) is 4.10. The molecule has 1 aliphatic rings. The molecule has 1 N–H and O–H groups in total. The average Bonchev–Trinajstić information content (AvgIpc) is 2.89. The van der Waals surface area contributed by atoms with Crippen molar-refractivity contribution in [2.45, 2.75) is 26.7 Å². The standard InChI is InChI=1S/C17H21N3OS/c1-12-8-10-20(11-9-12)16(21)15-13(2)22-17(19-15)18-14-6-4-3-5-7-14/h3-7,12H,8-11H2,1-2H3,(H,18,19). The van der Waals surface area contributed by atoms with Gasteiger partial charge >= 0.3 is 0 Å². The van der Waals surface area contributed by atoms with Crippen LogP contribution >= 0.6 is 11.3 Å². The van der Waals surface area contributed by atoms with Gasteiger partial charge in [0.25, 0.3) is 5.91 Å². The van der Waals surface area contributed by atoms with E-state index in [0.717, 1.165) is 47.5 Å². The highest BCUT2D eigenvalue weighted by molar-refractivity contribution is 7.15. The molecule has 0 bridgehead atoms. The van der Waals surface area contributed by atoms with E-state index in [9.17, 15) is 4.79 Å². The number of nitrogens with zero attached hydrogens (tertiary/aromatic N) is 2. The van der Waals surface area contributed by atoms with E-state index in [1.165, 1.54) is 11.3 Å². The highest BCUT2D eigenvalue weighted by Crippen LogP contribution is 2.27. The van der Waals surface area contributed by atoms with Gasteiger partial charge < -0.3 is 10.2 Å². The van der Waals surface area contributed by atoms with Gasteiger partial charge in [-0.25, -0.2) is 4.98 Å². The van der Waals surface area contributed by atoms with Crippen molar-refractivity contribution in [1.29, 1.82) is 0 Å². The Morgan fingerprint density at radius 1 is 1.27 bits per heavy atom. The molecule has 1 amide bonds. The summed E-state index contributed by atoms with van der Waals surface area (Å²) in [5.74, 6) is 0.789. The van der Waals surface area contributed by atoms with Crippen LogP contribution in [-0.4, -0.2) is 28.9 Å². The zero-order valence-corrected chi connectivity index (χ0v) is 13.8. The second-order valence-corrected chi connectivity index (χ2v) is 7.09. The summed E-state index contributed by atoms with van der Waals surface area (Å²) in [5.41, 5.74) is 1.58. The summed E-state index contributed by atoms with van der Waals surface area (Å²) in [6.07, 6.45) is 2.17. The molecule has 0 radical (unpaired) electrons. The number of hydrogen-bond acceptors (Lipinski definition) is 4. The molecule has 22 heavy (non-hydrogen) atoms. The minimum atomic E-state index is 0.0711. The number of rotatable bonds is 3. The summed E-state index contributed by atoms with van der Waals surface area (Å²) in [6, 6.07) is 9.91. The Hall–Kier alpha value is -1.88. The van der Waals surface area contributed by atoms with Crippen molar-refractivity contribution < 1.29 is 4.79 Å². The summed E-state index contributed by atoms with van der Waals surface area (Å²) in [6.45, 7) is 5.91. The topological polar surface area (TPSA) is 45.2 Å². The van der Waals surface area contributed by atoms with Crippen LogP contribution in [0.2, 0.25) is 0 Å². The monoisotopic (exact) mass is 315 g/mol. The summed E-state index contributed by atoms with van der Waals surface area (Å²) in [5, 5.41) is 4.04. The molecule has 2 aromatic rings. The van der Waals surface area contributed by atoms with Gasteiger partial charge in [0.1, 0.15) is 5.69 Å². The number of aromatic nitrogens is 1. The second kappa shape index (κ2) is 6.48. The minimum Gasteiger partial charge on any atom is -0.337 e. The molecule has 3 rings (SSSR count). The number of carbonyl (C=O) groups is 1. The Balaban J connectivity index is 1.73. The van der Waals surface area contributed by atoms with Crippen molar-refractivity contribution in [1.82, 2.24) is 9.88 Å². The Labute approximate surface area is 135 Å². The smallest absolute Gasteiger partial charge is 0.273 e. The van der Waals surface area contributed by atoms with E-state index in [4.69, 9.17) is 0 Å². The van der Waals surface area contributed by atoms with E-state index >= 15 is 0 Å². The van der Waals surface area contributed by atoms with Crippen molar-refractivity contribution in [2.75, 3.05) is 18.4 Å². The molecular formula is C17H21N3OS. The lowest BCUT2D eigenvalue weighted by atomic mass is 9.99. The number of carbonyl (C=O) groups excluding carboxylic acids is 1. The predicted octanol–water partition coefficient (Wildman–Crippen LogP) is 4.07. The van der Waals surface area contributed by atoms with E-state index < -0.39 is 0 Å². The van der Waals surface area contributed by atoms with Gasteiger partial charge in [0.15, 0.2) is 5.13 Å². The van der Waals surface area contributed by atoms with Gasteiger partial charge in [0, 0.05) is 23.7 Å². The van der Waals surface area contributed by atoms with E-state index in [1.807, 2.05) is 42.2 Å². The molecular weight excluding hydrogens is 294 g/mol. The van der Waals surface area contributed by atoms with Gasteiger partial charge in [-0.15, -0.1) is 11.3 Å². The molecule has 1 aromatic heterocycles. The van der Waals surface area contributed by atoms with Crippen LogP contribution in [0.3, 0.4) is 0 Å². The fourth-order valence-corrected chi connectivity index (χ4v) is 3.48. The molecule has 2 heterocycles. The molecule has 1 aliphatic heterocycles. The fourth-order valence-electron chi connectivity index (χ4n) is 2.65. The summed E-state index contributed by atoms with van der Waals surface area (Å²) >= 11 is 1.53. The van der Waals surface area contributed by atoms with Crippen molar-refractivity contribution in [3.8, 4) is 0 Å². The Morgan fingerprint density at radius 3 is 2.64 bits per heavy atom. The summed E-state index contributed by atoms with van der Waals surface area (Å²) < 4.78 is 0. The number of amides is 1. The normalized spacial score (nSPS) is 15.8. The van der Waals surface area contributed by atoms with Crippen molar-refractivity contribution in [3.05, 3.63) is 40.9 Å². The van der Waals surface area contributed by atoms with Gasteiger partial charge in [0.05, 0.1) is 0 Å². The van der Waals surface area contributed by atoms with Gasteiger partial charge in [-0.3, -0.25) is 4.79 Å². The lowest BCUT2D eigenvalue weighted by molar-refractivity contribution is 0.0691. The zero-order valence-electron chi connectivity index (χ0n) is 13.0. The molecule has 0 saturated carbocycles. The molecule has 0 aliphatic carbocycles. The SMILES string of the molecule is Cc1sc(Nc2ccccc2)nc1C(=O)N1CCC(C)CC1. The molecule has 1 aromatic carbocycles. The van der Waals surface area contributed by atoms with Gasteiger partial charge in [0.2, 0.25) is 0 Å². The number of piperidine rings is 1. The van der Waals surface area contributed by atoms with Crippen molar-refractivity contribution in [2.24, 2.45) is 5.92 Å². The Bertz CT molecular complexity index is 645. The molecule has 116 valence electrons. The van der Waals surface area contributed by atoms with Crippen LogP contribution in [0, 0.1) is 12.8 Å². The number of para-hydroxylation sites is 1. The van der Waals surface area contributed by atoms with Crippen molar-refractivity contribution >= 4 is 28.1 Å². The number of benzene rings is 1. The highest BCUT2D eigenvalue weighted by Gasteiger charge is 2.25. The Morgan fingerprint density at radius 2 is 1.95 bits per heavy atom. The molecule has 4 nitrogen and oxygen atoms in total. The lowest BCUT2D eigenvalue weighted by Gasteiger charge is -2.29. The Kier molecular flexibility index (Phi) is 4.43. The van der Waals surface area contributed by atoms with Gasteiger partial charge in [-0.05, 0) is 37.8 Å². The first-order chi connectivity index (χ1) is 10.6. The van der Waals surface area contributed by atoms with Crippen LogP contribution in [0.4, 0.5) is 10.8 Å². The summed E-state index contributed by atoms with van der Waals surface area (Å²) in [7, 11) is 0.